The molecule has 3 nitrogen and oxygen atoms in total. The van der Waals surface area contributed by atoms with Gasteiger partial charge in [0, 0.05) is 11.6 Å². The van der Waals surface area contributed by atoms with Crippen LogP contribution in [0.5, 0.6) is 0 Å². The highest BCUT2D eigenvalue weighted by Gasteiger charge is 2.05. The summed E-state index contributed by atoms with van der Waals surface area (Å²) in [4.78, 5) is 0. The highest BCUT2D eigenvalue weighted by Crippen LogP contribution is 2.11. The fourth-order valence-electron chi connectivity index (χ4n) is 0.737. The van der Waals surface area contributed by atoms with Crippen molar-refractivity contribution < 1.29 is 4.52 Å². The average molecular weight is 126 g/mol. The Hall–Kier alpha value is -0.830. The Morgan fingerprint density at radius 2 is 2.44 bits per heavy atom. The zero-order valence-corrected chi connectivity index (χ0v) is 5.59. The van der Waals surface area contributed by atoms with E-state index in [-0.39, 0.29) is 6.04 Å². The SMILES string of the molecule is Cc1nocc1C(C)N. The fraction of sp³-hybridized carbons (Fsp3) is 0.500. The molecule has 0 aliphatic rings. The summed E-state index contributed by atoms with van der Waals surface area (Å²) in [5.74, 6) is 0. The molecule has 1 rings (SSSR count). The molecule has 1 aromatic rings. The molecule has 0 aliphatic heterocycles. The maximum Gasteiger partial charge on any atom is 0.128 e. The van der Waals surface area contributed by atoms with Gasteiger partial charge in [-0.15, -0.1) is 0 Å². The first-order valence-electron chi connectivity index (χ1n) is 2.88. The molecule has 0 aromatic carbocycles. The van der Waals surface area contributed by atoms with E-state index in [2.05, 4.69) is 9.68 Å². The Balaban J connectivity index is 2.94. The summed E-state index contributed by atoms with van der Waals surface area (Å²) in [6.07, 6.45) is 1.58. The molecule has 0 amide bonds. The number of hydrogen-bond donors (Lipinski definition) is 1. The van der Waals surface area contributed by atoms with Crippen LogP contribution in [0.1, 0.15) is 24.2 Å². The lowest BCUT2D eigenvalue weighted by Crippen LogP contribution is -2.04. The minimum Gasteiger partial charge on any atom is -0.364 e. The van der Waals surface area contributed by atoms with Crippen molar-refractivity contribution >= 4 is 0 Å². The average Bonchev–Trinajstić information content (AvgIpc) is 2.13. The topological polar surface area (TPSA) is 52.0 Å². The van der Waals surface area contributed by atoms with Crippen molar-refractivity contribution in [3.8, 4) is 0 Å². The normalized spacial score (nSPS) is 13.7. The Kier molecular flexibility index (Phi) is 1.53. The number of hydrogen-bond acceptors (Lipinski definition) is 3. The summed E-state index contributed by atoms with van der Waals surface area (Å²) in [6, 6.07) is 0.0243. The van der Waals surface area contributed by atoms with Crippen molar-refractivity contribution in [3.05, 3.63) is 17.5 Å². The van der Waals surface area contributed by atoms with Gasteiger partial charge in [-0.1, -0.05) is 5.16 Å². The van der Waals surface area contributed by atoms with Crippen molar-refractivity contribution in [2.24, 2.45) is 5.73 Å². The number of aromatic nitrogens is 1. The van der Waals surface area contributed by atoms with E-state index in [1.54, 1.807) is 6.26 Å². The van der Waals surface area contributed by atoms with Gasteiger partial charge in [0.05, 0.1) is 5.69 Å². The minimum absolute atomic E-state index is 0.0243. The minimum atomic E-state index is 0.0243. The predicted octanol–water partition coefficient (Wildman–Crippen LogP) is 1.00. The van der Waals surface area contributed by atoms with E-state index in [1.165, 1.54) is 0 Å². The van der Waals surface area contributed by atoms with Gasteiger partial charge in [0.2, 0.25) is 0 Å². The summed E-state index contributed by atoms with van der Waals surface area (Å²) < 4.78 is 4.68. The predicted molar refractivity (Wildman–Crippen MR) is 33.8 cm³/mol. The summed E-state index contributed by atoms with van der Waals surface area (Å²) in [5.41, 5.74) is 7.42. The molecule has 1 unspecified atom stereocenters. The van der Waals surface area contributed by atoms with Gasteiger partial charge in [-0.25, -0.2) is 0 Å². The molecule has 0 saturated heterocycles. The van der Waals surface area contributed by atoms with Crippen molar-refractivity contribution in [1.29, 1.82) is 0 Å². The van der Waals surface area contributed by atoms with Crippen LogP contribution in [0, 0.1) is 6.92 Å². The molecule has 0 fully saturated rings. The van der Waals surface area contributed by atoms with Crippen LogP contribution in [0.2, 0.25) is 0 Å². The summed E-state index contributed by atoms with van der Waals surface area (Å²) in [6.45, 7) is 3.78. The van der Waals surface area contributed by atoms with E-state index in [4.69, 9.17) is 5.73 Å². The number of rotatable bonds is 1. The van der Waals surface area contributed by atoms with Crippen molar-refractivity contribution in [2.45, 2.75) is 19.9 Å². The molecule has 0 bridgehead atoms. The van der Waals surface area contributed by atoms with E-state index >= 15 is 0 Å². The molecule has 1 atom stereocenters. The van der Waals surface area contributed by atoms with E-state index in [9.17, 15) is 0 Å². The zero-order chi connectivity index (χ0) is 6.85. The zero-order valence-electron chi connectivity index (χ0n) is 5.59. The van der Waals surface area contributed by atoms with E-state index in [0.717, 1.165) is 11.3 Å². The van der Waals surface area contributed by atoms with Gasteiger partial charge < -0.3 is 10.3 Å². The Morgan fingerprint density at radius 1 is 1.78 bits per heavy atom. The van der Waals surface area contributed by atoms with Crippen LogP contribution in [0.4, 0.5) is 0 Å². The lowest BCUT2D eigenvalue weighted by atomic mass is 10.1. The van der Waals surface area contributed by atoms with Crippen molar-refractivity contribution in [2.75, 3.05) is 0 Å². The first kappa shape index (κ1) is 6.29. The molecular formula is C6H10N2O. The number of aryl methyl sites for hydroxylation is 1. The van der Waals surface area contributed by atoms with Crippen LogP contribution >= 0.6 is 0 Å². The van der Waals surface area contributed by atoms with Crippen LogP contribution in [-0.2, 0) is 0 Å². The van der Waals surface area contributed by atoms with Gasteiger partial charge in [-0.05, 0) is 13.8 Å². The first-order valence-corrected chi connectivity index (χ1v) is 2.88. The highest BCUT2D eigenvalue weighted by atomic mass is 16.5. The summed E-state index contributed by atoms with van der Waals surface area (Å²) in [7, 11) is 0. The molecule has 0 aliphatic carbocycles. The largest absolute Gasteiger partial charge is 0.364 e. The lowest BCUT2D eigenvalue weighted by molar-refractivity contribution is 0.414. The molecule has 1 aromatic heterocycles. The molecule has 2 N–H and O–H groups in total. The van der Waals surface area contributed by atoms with Crippen LogP contribution in [0.25, 0.3) is 0 Å². The highest BCUT2D eigenvalue weighted by molar-refractivity contribution is 5.15. The third-order valence-electron chi connectivity index (χ3n) is 1.28. The van der Waals surface area contributed by atoms with Gasteiger partial charge in [-0.3, -0.25) is 0 Å². The molecule has 0 radical (unpaired) electrons. The smallest absolute Gasteiger partial charge is 0.128 e. The Bertz CT molecular complexity index is 193. The third kappa shape index (κ3) is 1.10. The van der Waals surface area contributed by atoms with E-state index < -0.39 is 0 Å². The first-order chi connectivity index (χ1) is 4.22. The Morgan fingerprint density at radius 3 is 2.67 bits per heavy atom. The van der Waals surface area contributed by atoms with Crippen molar-refractivity contribution in [1.82, 2.24) is 5.16 Å². The van der Waals surface area contributed by atoms with Crippen LogP contribution in [0.15, 0.2) is 10.8 Å². The summed E-state index contributed by atoms with van der Waals surface area (Å²) in [5, 5.41) is 3.68. The third-order valence-corrected chi connectivity index (χ3v) is 1.28. The maximum atomic E-state index is 5.56. The molecule has 50 valence electrons. The molecule has 1 heterocycles. The monoisotopic (exact) mass is 126 g/mol. The maximum absolute atomic E-state index is 5.56. The molecular weight excluding hydrogens is 116 g/mol. The van der Waals surface area contributed by atoms with E-state index in [1.807, 2.05) is 13.8 Å². The standard InChI is InChI=1S/C6H10N2O/c1-4(7)6-3-9-8-5(6)2/h3-4H,7H2,1-2H3. The molecule has 0 saturated carbocycles. The molecule has 9 heavy (non-hydrogen) atoms. The summed E-state index contributed by atoms with van der Waals surface area (Å²) >= 11 is 0. The number of nitrogens with zero attached hydrogens (tertiary/aromatic N) is 1. The fourth-order valence-corrected chi connectivity index (χ4v) is 0.737. The molecule has 0 spiro atoms. The van der Waals surface area contributed by atoms with Crippen LogP contribution < -0.4 is 5.73 Å². The van der Waals surface area contributed by atoms with Crippen LogP contribution in [-0.4, -0.2) is 5.16 Å². The van der Waals surface area contributed by atoms with Crippen LogP contribution in [0.3, 0.4) is 0 Å². The molecule has 3 heteroatoms. The van der Waals surface area contributed by atoms with Gasteiger partial charge in [0.15, 0.2) is 0 Å². The number of nitrogens with two attached hydrogens (primary N) is 1. The van der Waals surface area contributed by atoms with Gasteiger partial charge in [0.1, 0.15) is 6.26 Å². The van der Waals surface area contributed by atoms with E-state index in [0.29, 0.717) is 0 Å². The second-order valence-corrected chi connectivity index (χ2v) is 2.14. The second-order valence-electron chi connectivity index (χ2n) is 2.14. The van der Waals surface area contributed by atoms with Gasteiger partial charge >= 0.3 is 0 Å². The van der Waals surface area contributed by atoms with Gasteiger partial charge in [-0.2, -0.15) is 0 Å². The van der Waals surface area contributed by atoms with Gasteiger partial charge in [0.25, 0.3) is 0 Å². The Labute approximate surface area is 53.8 Å². The lowest BCUT2D eigenvalue weighted by Gasteiger charge is -1.98. The van der Waals surface area contributed by atoms with Crippen molar-refractivity contribution in [3.63, 3.8) is 0 Å². The quantitative estimate of drug-likeness (QED) is 0.610. The second kappa shape index (κ2) is 2.19.